The van der Waals surface area contributed by atoms with Crippen LogP contribution >= 0.6 is 23.2 Å². The van der Waals surface area contributed by atoms with Crippen LogP contribution in [0.4, 0.5) is 15.8 Å². The number of likely N-dealkylation sites (N-methyl/N-ethyl adjacent to an activating group) is 1. The van der Waals surface area contributed by atoms with Crippen molar-refractivity contribution >= 4 is 46.4 Å². The second-order valence-electron chi connectivity index (χ2n) is 5.79. The normalized spacial score (nSPS) is 11.9. The van der Waals surface area contributed by atoms with Crippen LogP contribution < -0.4 is 10.6 Å². The summed E-state index contributed by atoms with van der Waals surface area (Å²) in [5.74, 6) is -1.00. The van der Waals surface area contributed by atoms with E-state index in [2.05, 4.69) is 10.6 Å². The van der Waals surface area contributed by atoms with Gasteiger partial charge in [0.1, 0.15) is 5.82 Å². The molecule has 0 radical (unpaired) electrons. The van der Waals surface area contributed by atoms with Crippen LogP contribution in [-0.2, 0) is 9.59 Å². The number of carbonyl (C=O) groups is 2. The number of nitrogens with zero attached hydrogens (tertiary/aromatic N) is 1. The minimum Gasteiger partial charge on any atom is -0.325 e. The predicted molar refractivity (Wildman–Crippen MR) is 102 cm³/mol. The van der Waals surface area contributed by atoms with Gasteiger partial charge in [0.05, 0.1) is 12.6 Å². The fraction of sp³-hybridized carbons (Fsp3) is 0.222. The first-order valence-corrected chi connectivity index (χ1v) is 8.53. The van der Waals surface area contributed by atoms with Gasteiger partial charge in [0.2, 0.25) is 11.8 Å². The minimum atomic E-state index is -0.577. The second kappa shape index (κ2) is 8.98. The third-order valence-corrected chi connectivity index (χ3v) is 4.13. The van der Waals surface area contributed by atoms with E-state index in [1.165, 1.54) is 24.3 Å². The Labute approximate surface area is 161 Å². The van der Waals surface area contributed by atoms with E-state index in [1.54, 1.807) is 37.1 Å². The van der Waals surface area contributed by atoms with Gasteiger partial charge in [0.15, 0.2) is 0 Å². The van der Waals surface area contributed by atoms with Crippen molar-refractivity contribution in [2.24, 2.45) is 0 Å². The molecule has 0 fully saturated rings. The largest absolute Gasteiger partial charge is 0.325 e. The van der Waals surface area contributed by atoms with E-state index < -0.39 is 6.04 Å². The van der Waals surface area contributed by atoms with Crippen molar-refractivity contribution in [2.45, 2.75) is 13.0 Å². The molecule has 2 aromatic carbocycles. The van der Waals surface area contributed by atoms with E-state index in [-0.39, 0.29) is 24.2 Å². The standard InChI is InChI=1S/C18H18Cl2FN3O2/c1-11(18(26)23-16-8-12(19)7-13(20)9-16)24(2)10-17(25)22-15-5-3-14(21)4-6-15/h3-9,11H,10H2,1-2H3,(H,22,25)(H,23,26)/t11-/m1/s1. The zero-order chi connectivity index (χ0) is 19.3. The molecule has 0 spiro atoms. The fourth-order valence-electron chi connectivity index (χ4n) is 2.17. The summed E-state index contributed by atoms with van der Waals surface area (Å²) < 4.78 is 12.9. The van der Waals surface area contributed by atoms with Crippen molar-refractivity contribution in [1.82, 2.24) is 4.90 Å². The topological polar surface area (TPSA) is 61.4 Å². The molecule has 0 bridgehead atoms. The molecule has 0 saturated heterocycles. The summed E-state index contributed by atoms with van der Waals surface area (Å²) in [5.41, 5.74) is 0.957. The molecule has 2 aromatic rings. The van der Waals surface area contributed by atoms with E-state index in [1.807, 2.05) is 0 Å². The maximum atomic E-state index is 12.9. The first-order valence-electron chi connectivity index (χ1n) is 7.77. The molecule has 26 heavy (non-hydrogen) atoms. The molecule has 2 amide bonds. The molecule has 0 heterocycles. The third-order valence-electron chi connectivity index (χ3n) is 3.69. The molecule has 0 unspecified atom stereocenters. The van der Waals surface area contributed by atoms with E-state index in [0.717, 1.165) is 0 Å². The number of benzene rings is 2. The summed E-state index contributed by atoms with van der Waals surface area (Å²) >= 11 is 11.8. The molecule has 2 N–H and O–H groups in total. The summed E-state index contributed by atoms with van der Waals surface area (Å²) in [6, 6.07) is 9.59. The highest BCUT2D eigenvalue weighted by molar-refractivity contribution is 6.35. The third kappa shape index (κ3) is 5.98. The van der Waals surface area contributed by atoms with E-state index >= 15 is 0 Å². The van der Waals surface area contributed by atoms with Crippen molar-refractivity contribution < 1.29 is 14.0 Å². The van der Waals surface area contributed by atoms with E-state index in [9.17, 15) is 14.0 Å². The number of hydrogen-bond acceptors (Lipinski definition) is 3. The number of carbonyl (C=O) groups excluding carboxylic acids is 2. The maximum absolute atomic E-state index is 12.9. The summed E-state index contributed by atoms with van der Waals surface area (Å²) in [6.07, 6.45) is 0. The second-order valence-corrected chi connectivity index (χ2v) is 6.67. The van der Waals surface area contributed by atoms with Crippen LogP contribution in [0.25, 0.3) is 0 Å². The molecule has 0 aliphatic heterocycles. The molecule has 138 valence electrons. The lowest BCUT2D eigenvalue weighted by molar-refractivity contribution is -0.122. The lowest BCUT2D eigenvalue weighted by Gasteiger charge is -2.23. The Morgan fingerprint density at radius 3 is 2.19 bits per heavy atom. The van der Waals surface area contributed by atoms with Gasteiger partial charge in [-0.25, -0.2) is 4.39 Å². The number of nitrogens with one attached hydrogen (secondary N) is 2. The average molecular weight is 398 g/mol. The molecule has 0 aliphatic carbocycles. The van der Waals surface area contributed by atoms with Gasteiger partial charge in [-0.15, -0.1) is 0 Å². The van der Waals surface area contributed by atoms with Crippen LogP contribution in [0.15, 0.2) is 42.5 Å². The number of halogens is 3. The Morgan fingerprint density at radius 2 is 1.62 bits per heavy atom. The van der Waals surface area contributed by atoms with Gasteiger partial charge in [-0.05, 0) is 56.4 Å². The Balaban J connectivity index is 1.90. The molecular weight excluding hydrogens is 380 g/mol. The van der Waals surface area contributed by atoms with Gasteiger partial charge in [0, 0.05) is 21.4 Å². The first kappa shape index (κ1) is 20.2. The van der Waals surface area contributed by atoms with Crippen molar-refractivity contribution in [3.05, 3.63) is 58.3 Å². The molecule has 0 aromatic heterocycles. The van der Waals surface area contributed by atoms with Gasteiger partial charge in [-0.1, -0.05) is 23.2 Å². The summed E-state index contributed by atoms with van der Waals surface area (Å²) in [7, 11) is 1.65. The zero-order valence-corrected chi connectivity index (χ0v) is 15.7. The van der Waals surface area contributed by atoms with Crippen molar-refractivity contribution in [3.63, 3.8) is 0 Å². The van der Waals surface area contributed by atoms with Crippen LogP contribution in [0.5, 0.6) is 0 Å². The SMILES string of the molecule is C[C@H](C(=O)Nc1cc(Cl)cc(Cl)c1)N(C)CC(=O)Nc1ccc(F)cc1. The molecule has 5 nitrogen and oxygen atoms in total. The average Bonchev–Trinajstić information content (AvgIpc) is 2.55. The van der Waals surface area contributed by atoms with Gasteiger partial charge >= 0.3 is 0 Å². The number of rotatable bonds is 6. The van der Waals surface area contributed by atoms with E-state index in [0.29, 0.717) is 21.4 Å². The zero-order valence-electron chi connectivity index (χ0n) is 14.2. The van der Waals surface area contributed by atoms with E-state index in [4.69, 9.17) is 23.2 Å². The quantitative estimate of drug-likeness (QED) is 0.773. The van der Waals surface area contributed by atoms with Gasteiger partial charge in [-0.3, -0.25) is 14.5 Å². The minimum absolute atomic E-state index is 0.0116. The monoisotopic (exact) mass is 397 g/mol. The Bertz CT molecular complexity index is 779. The van der Waals surface area contributed by atoms with Crippen molar-refractivity contribution in [3.8, 4) is 0 Å². The molecule has 1 atom stereocenters. The molecule has 8 heteroatoms. The van der Waals surface area contributed by atoms with Gasteiger partial charge in [0.25, 0.3) is 0 Å². The summed E-state index contributed by atoms with van der Waals surface area (Å²) in [4.78, 5) is 26.0. The number of anilines is 2. The van der Waals surface area contributed by atoms with Crippen molar-refractivity contribution in [1.29, 1.82) is 0 Å². The van der Waals surface area contributed by atoms with Crippen LogP contribution in [-0.4, -0.2) is 36.3 Å². The molecule has 2 rings (SSSR count). The Hall–Kier alpha value is -2.15. The molecule has 0 aliphatic rings. The lowest BCUT2D eigenvalue weighted by Crippen LogP contribution is -2.43. The maximum Gasteiger partial charge on any atom is 0.241 e. The predicted octanol–water partition coefficient (Wildman–Crippen LogP) is 4.03. The van der Waals surface area contributed by atoms with Crippen LogP contribution in [0.3, 0.4) is 0 Å². The van der Waals surface area contributed by atoms with Crippen LogP contribution in [0.2, 0.25) is 10.0 Å². The highest BCUT2D eigenvalue weighted by atomic mass is 35.5. The first-order chi connectivity index (χ1) is 12.2. The Kier molecular flexibility index (Phi) is 6.97. The molecular formula is C18H18Cl2FN3O2. The fourth-order valence-corrected chi connectivity index (χ4v) is 2.70. The van der Waals surface area contributed by atoms with Crippen molar-refractivity contribution in [2.75, 3.05) is 24.2 Å². The number of amides is 2. The van der Waals surface area contributed by atoms with Crippen LogP contribution in [0.1, 0.15) is 6.92 Å². The molecule has 0 saturated carbocycles. The highest BCUT2D eigenvalue weighted by Gasteiger charge is 2.20. The van der Waals surface area contributed by atoms with Gasteiger partial charge < -0.3 is 10.6 Å². The Morgan fingerprint density at radius 1 is 1.04 bits per heavy atom. The lowest BCUT2D eigenvalue weighted by atomic mass is 10.2. The van der Waals surface area contributed by atoms with Gasteiger partial charge in [-0.2, -0.15) is 0 Å². The van der Waals surface area contributed by atoms with Crippen LogP contribution in [0, 0.1) is 5.82 Å². The number of hydrogen-bond donors (Lipinski definition) is 2. The highest BCUT2D eigenvalue weighted by Crippen LogP contribution is 2.22. The summed E-state index contributed by atoms with van der Waals surface area (Å²) in [6.45, 7) is 1.66. The smallest absolute Gasteiger partial charge is 0.241 e. The summed E-state index contributed by atoms with van der Waals surface area (Å²) in [5, 5.41) is 6.17.